The predicted octanol–water partition coefficient (Wildman–Crippen LogP) is -1.39. The van der Waals surface area contributed by atoms with Crippen molar-refractivity contribution in [2.45, 2.75) is 258 Å². The Balaban J connectivity index is 1.20. The third-order valence-electron chi connectivity index (χ3n) is 23.7. The molecule has 2 aliphatic heterocycles. The number of likely N-dealkylation sites (tertiary alicyclic amines) is 1. The molecule has 2 heterocycles. The van der Waals surface area contributed by atoms with E-state index in [9.17, 15) is 96.8 Å². The van der Waals surface area contributed by atoms with Gasteiger partial charge in [0.05, 0.1) is 5.56 Å². The Bertz CT molecular complexity index is 5210. The molecule has 0 bridgehead atoms. The highest BCUT2D eigenvalue weighted by atomic mass is 32.1. The largest absolute Gasteiger partial charge is 0.508 e. The molecule has 788 valence electrons. The Morgan fingerprint density at radius 2 is 0.881 bits per heavy atom. The van der Waals surface area contributed by atoms with Crippen molar-refractivity contribution in [2.24, 2.45) is 52.5 Å². The van der Waals surface area contributed by atoms with Crippen LogP contribution >= 0.6 is 12.2 Å². The minimum absolute atomic E-state index is 0.00510. The Hall–Kier alpha value is -14.8. The maximum Gasteiger partial charge on any atom is 0.336 e. The summed E-state index contributed by atoms with van der Waals surface area (Å²) in [5.74, 6) is -17.5. The Morgan fingerprint density at radius 3 is 1.38 bits per heavy atom. The molecule has 34 N–H and O–H groups in total. The number of thiocarbonyl (C=S) groups is 1. The second-order valence-electron chi connectivity index (χ2n) is 36.3. The molecular weight excluding hydrogens is 1880 g/mol. The summed E-state index contributed by atoms with van der Waals surface area (Å²) in [6.45, 7) is 19.6. The quantitative estimate of drug-likeness (QED) is 0.00795. The topological polar surface area (TPSA) is 795 Å². The number of anilines is 1. The van der Waals surface area contributed by atoms with Gasteiger partial charge >= 0.3 is 11.9 Å². The maximum absolute atomic E-state index is 15.0. The van der Waals surface area contributed by atoms with Gasteiger partial charge < -0.3 is 149 Å². The van der Waals surface area contributed by atoms with Crippen molar-refractivity contribution in [2.75, 3.05) is 57.7 Å². The van der Waals surface area contributed by atoms with Gasteiger partial charge in [-0.1, -0.05) is 88.1 Å². The van der Waals surface area contributed by atoms with Gasteiger partial charge in [0, 0.05) is 106 Å². The van der Waals surface area contributed by atoms with E-state index in [4.69, 9.17) is 61.2 Å². The summed E-state index contributed by atoms with van der Waals surface area (Å²) in [6, 6.07) is -3.17. The standard InChI is InChI=1S/C93H144N28O21S/c1-13-49(9)74(84(135)114-62(22-17-36-106-91(98)99)79(130)117-72(47(5)6)83(134)110-52(12)77(128)115-63(88(140)141)23-18-37-107-92(100)101)120-82(133)65-24-19-41-121(65)86(137)73(48(7)8)118-85(136)75(50(10)14-2)119-80(131)61(21-16-35-105-90(96)97)113-76(127)51(11)109-81(132)64(42-46(3)4)116-78(129)60(20-15-34-104-89(94)95)112-70(126)33-39-103-68(124)31-38-102-69(125)32-40-108-93(143)111-53-25-28-56(59(43-53)87(138)139)71-57-29-26-54(122)44-66(57)142-67-45-55(123)27-30-58(67)71/h25-30,43-52,60-65,72-75,122H,13-24,31-42H2,1-12H3,(H,102,125)(H,103,124)(H,109,132)(H,110,134)(H,112,126)(H,113,127)(H,114,135)(H,115,128)(H,116,129)(H,117,130)(H,118,136)(H,119,131)(H,120,133)(H,138,139)(H,140,141)(H4,94,95,104)(H4,96,97,105)(H4,98,99,106)(H4,100,101,107)(H2,108,111,143)/t49-,50-,51-,52-,60-,61-,62-,63-,64-,65-,72-,73-,74-,75-/m0/s1. The number of phenolic OH excluding ortho intramolecular Hbond substituents is 1. The van der Waals surface area contributed by atoms with Gasteiger partial charge in [-0.05, 0) is 168 Å². The van der Waals surface area contributed by atoms with E-state index in [1.807, 2.05) is 0 Å². The number of aliphatic carboxylic acids is 1. The van der Waals surface area contributed by atoms with Gasteiger partial charge in [-0.15, -0.1) is 0 Å². The summed E-state index contributed by atoms with van der Waals surface area (Å²) in [4.78, 5) is 236. The number of phenols is 1. The van der Waals surface area contributed by atoms with E-state index in [1.54, 1.807) is 87.4 Å². The number of aromatic hydroxyl groups is 1. The second-order valence-corrected chi connectivity index (χ2v) is 36.7. The number of hydrogen-bond acceptors (Lipinski definition) is 24. The van der Waals surface area contributed by atoms with Gasteiger partial charge in [0.25, 0.3) is 0 Å². The summed E-state index contributed by atoms with van der Waals surface area (Å²) in [7, 11) is 0. The number of carboxylic acids is 2. The van der Waals surface area contributed by atoms with Crippen LogP contribution in [0.5, 0.6) is 5.75 Å². The zero-order chi connectivity index (χ0) is 107. The molecule has 2 aromatic rings. The number of carbonyl (C=O) groups excluding carboxylic acids is 14. The second kappa shape index (κ2) is 59.1. The number of rotatable bonds is 59. The fourth-order valence-electron chi connectivity index (χ4n) is 15.4. The Morgan fingerprint density at radius 1 is 0.455 bits per heavy atom. The van der Waals surface area contributed by atoms with Crippen molar-refractivity contribution in [3.05, 3.63) is 70.4 Å². The first-order chi connectivity index (χ1) is 67.4. The van der Waals surface area contributed by atoms with Crippen molar-refractivity contribution in [3.8, 4) is 28.2 Å². The average Bonchev–Trinajstić information content (AvgIpc) is 1.23. The van der Waals surface area contributed by atoms with Crippen LogP contribution in [0.1, 0.15) is 196 Å². The minimum atomic E-state index is -1.44. The lowest BCUT2D eigenvalue weighted by Crippen LogP contribution is -2.62. The fourth-order valence-corrected chi connectivity index (χ4v) is 15.6. The zero-order valence-corrected chi connectivity index (χ0v) is 83.7. The molecule has 2 aromatic carbocycles. The molecule has 1 aliphatic carbocycles. The first kappa shape index (κ1) is 119. The lowest BCUT2D eigenvalue weighted by Gasteiger charge is -2.34. The minimum Gasteiger partial charge on any atom is -0.508 e. The molecule has 0 unspecified atom stereocenters. The smallest absolute Gasteiger partial charge is 0.336 e. The number of carboxylic acid groups (broad SMARTS) is 2. The molecule has 143 heavy (non-hydrogen) atoms. The van der Waals surface area contributed by atoms with Crippen LogP contribution in [0.25, 0.3) is 33.4 Å². The highest BCUT2D eigenvalue weighted by Crippen LogP contribution is 2.43. The summed E-state index contributed by atoms with van der Waals surface area (Å²) < 4.78 is 5.91. The van der Waals surface area contributed by atoms with Gasteiger partial charge in [0.15, 0.2) is 34.4 Å². The van der Waals surface area contributed by atoms with Gasteiger partial charge in [-0.2, -0.15) is 0 Å². The van der Waals surface area contributed by atoms with E-state index < -0.39 is 197 Å². The number of amides is 14. The molecular formula is C93H144N28O21S. The molecule has 0 spiro atoms. The summed E-state index contributed by atoms with van der Waals surface area (Å²) >= 11 is 5.44. The lowest BCUT2D eigenvalue weighted by molar-refractivity contribution is -0.144. The third kappa shape index (κ3) is 39.7. The van der Waals surface area contributed by atoms with Gasteiger partial charge in [0.1, 0.15) is 89.6 Å². The average molecular weight is 2020 g/mol. The van der Waals surface area contributed by atoms with Crippen LogP contribution in [-0.2, 0) is 71.9 Å². The molecule has 1 saturated heterocycles. The van der Waals surface area contributed by atoms with Gasteiger partial charge in [-0.3, -0.25) is 93.6 Å². The van der Waals surface area contributed by atoms with E-state index in [0.717, 1.165) is 0 Å². The van der Waals surface area contributed by atoms with Crippen LogP contribution in [0.15, 0.2) is 63.8 Å². The van der Waals surface area contributed by atoms with Crippen LogP contribution < -0.4 is 129 Å². The summed E-state index contributed by atoms with van der Waals surface area (Å²) in [5, 5.41) is 112. The molecule has 1 fully saturated rings. The number of carbonyl (C=O) groups is 16. The molecule has 49 nitrogen and oxygen atoms in total. The molecule has 0 radical (unpaired) electrons. The van der Waals surface area contributed by atoms with E-state index >= 15 is 0 Å². The van der Waals surface area contributed by atoms with Crippen molar-refractivity contribution in [1.82, 2.24) is 101 Å². The van der Waals surface area contributed by atoms with Crippen LogP contribution in [0, 0.1) is 51.2 Å². The number of fused-ring (bicyclic) bond motifs is 2. The number of guanidine groups is 4. The van der Waals surface area contributed by atoms with E-state index in [-0.39, 0.29) is 210 Å². The summed E-state index contributed by atoms with van der Waals surface area (Å²) in [5.41, 5.74) is 23.1. The number of nitrogens with one attached hydrogen (secondary N) is 23. The number of nitrogens with zero attached hydrogens (tertiary/aromatic N) is 1. The lowest BCUT2D eigenvalue weighted by atomic mass is 9.90. The molecule has 3 aliphatic rings. The van der Waals surface area contributed by atoms with Gasteiger partial charge in [0.2, 0.25) is 82.7 Å². The maximum atomic E-state index is 15.0. The number of hydrogen-bond donors (Lipinski definition) is 30. The number of benzene rings is 3. The Kier molecular flexibility index (Phi) is 49.0. The monoisotopic (exact) mass is 2020 g/mol. The van der Waals surface area contributed by atoms with Gasteiger partial charge in [-0.25, -0.2) is 9.59 Å². The van der Waals surface area contributed by atoms with Crippen molar-refractivity contribution < 1.29 is 96.4 Å². The molecule has 14 amide bonds. The van der Waals surface area contributed by atoms with Crippen molar-refractivity contribution >= 4 is 152 Å². The fraction of sp³-hybridized carbons (Fsp3) is 0.570. The Labute approximate surface area is 834 Å². The predicted molar refractivity (Wildman–Crippen MR) is 537 cm³/mol. The van der Waals surface area contributed by atoms with Crippen LogP contribution in [-0.4, -0.2) is 269 Å². The number of nitrogens with two attached hydrogens (primary N) is 4. The molecule has 0 saturated carbocycles. The van der Waals surface area contributed by atoms with E-state index in [1.165, 1.54) is 55.1 Å². The molecule has 50 heteroatoms. The third-order valence-corrected chi connectivity index (χ3v) is 23.9. The highest BCUT2D eigenvalue weighted by molar-refractivity contribution is 7.80. The molecule has 14 atom stereocenters. The number of aromatic carboxylic acids is 1. The first-order valence-corrected chi connectivity index (χ1v) is 48.2. The van der Waals surface area contributed by atoms with E-state index in [2.05, 4.69) is 101 Å². The van der Waals surface area contributed by atoms with Crippen molar-refractivity contribution in [3.63, 3.8) is 0 Å². The highest BCUT2D eigenvalue weighted by Gasteiger charge is 2.44. The molecule has 5 rings (SSSR count). The SMILES string of the molecule is CC[C@H](C)[C@H](NC(=O)[C@H](CCCNC(=N)N)NC(=O)[C@H](C)NC(=O)[C@H](CC(C)C)NC(=O)[C@H](CCCNC(=N)N)NC(=O)CCNC(=O)CCNC(=O)CCNC(=S)Nc1ccc(-c2c3ccc(=O)cc-3oc3cc(O)ccc23)c(C(=O)O)c1)C(=O)N[C@H](C(=O)N1CCC[C@H]1C(=O)N[C@H](C(=O)N[C@@H](CCCNC(=N)N)C(=O)N[C@H](C(=O)N[C@@H](C)C(=O)N[C@@H](CCCNC(=N)N)C(=O)O)C(C)C)[C@@H](C)CC)C(C)C. The zero-order valence-electron chi connectivity index (χ0n) is 82.8. The normalized spacial score (nSPS) is 14.9. The van der Waals surface area contributed by atoms with Crippen LogP contribution in [0.2, 0.25) is 0 Å². The summed E-state index contributed by atoms with van der Waals surface area (Å²) in [6.07, 6.45) is 0.673. The van der Waals surface area contributed by atoms with Crippen LogP contribution in [0.4, 0.5) is 5.69 Å². The first-order valence-electron chi connectivity index (χ1n) is 47.8. The van der Waals surface area contributed by atoms with Crippen LogP contribution in [0.3, 0.4) is 0 Å². The van der Waals surface area contributed by atoms with Crippen molar-refractivity contribution in [1.29, 1.82) is 21.6 Å². The molecule has 0 aromatic heterocycles. The van der Waals surface area contributed by atoms with E-state index in [0.29, 0.717) is 29.4 Å².